The number of hydrogen-bond donors (Lipinski definition) is 0. The minimum atomic E-state index is 0.0441. The second kappa shape index (κ2) is 6.65. The molecule has 1 amide bonds. The van der Waals surface area contributed by atoms with Crippen LogP contribution in [0.5, 0.6) is 0 Å². The molecule has 23 heavy (non-hydrogen) atoms. The Bertz CT molecular complexity index is 735. The Hall–Kier alpha value is -2.62. The summed E-state index contributed by atoms with van der Waals surface area (Å²) >= 11 is 0. The molecule has 0 saturated carbocycles. The monoisotopic (exact) mass is 308 g/mol. The van der Waals surface area contributed by atoms with Crippen LogP contribution in [0.15, 0.2) is 53.7 Å². The number of oxime groups is 1. The number of carbonyl (C=O) groups is 1. The van der Waals surface area contributed by atoms with Gasteiger partial charge in [0.2, 0.25) is 0 Å². The number of carbonyl (C=O) groups excluding carboxylic acids is 1. The fraction of sp³-hybridized carbons (Fsp3) is 0.263. The number of rotatable bonds is 3. The Labute approximate surface area is 136 Å². The highest BCUT2D eigenvalue weighted by Gasteiger charge is 2.24. The summed E-state index contributed by atoms with van der Waals surface area (Å²) in [6, 6.07) is 16.1. The van der Waals surface area contributed by atoms with Crippen LogP contribution >= 0.6 is 0 Å². The zero-order valence-electron chi connectivity index (χ0n) is 13.5. The molecule has 1 saturated heterocycles. The molecule has 2 aromatic rings. The van der Waals surface area contributed by atoms with Gasteiger partial charge in [-0.3, -0.25) is 4.79 Å². The molecule has 0 radical (unpaired) electrons. The van der Waals surface area contributed by atoms with Gasteiger partial charge in [0.15, 0.2) is 0 Å². The van der Waals surface area contributed by atoms with Crippen molar-refractivity contribution in [3.63, 3.8) is 0 Å². The second-order valence-electron chi connectivity index (χ2n) is 5.71. The third-order valence-corrected chi connectivity index (χ3v) is 4.14. The van der Waals surface area contributed by atoms with Gasteiger partial charge in [-0.15, -0.1) is 0 Å². The van der Waals surface area contributed by atoms with Crippen molar-refractivity contribution in [1.82, 2.24) is 4.90 Å². The Balaban J connectivity index is 1.76. The van der Waals surface area contributed by atoms with E-state index in [1.165, 1.54) is 18.2 Å². The first-order valence-electron chi connectivity index (χ1n) is 7.73. The molecule has 2 aromatic carbocycles. The molecule has 0 N–H and O–H groups in total. The SMILES string of the molecule is CON=C1CCN(C(=O)c2ccc(-c3ccccc3C)cc2)C1. The quantitative estimate of drug-likeness (QED) is 0.814. The molecule has 118 valence electrons. The molecule has 0 spiro atoms. The van der Waals surface area contributed by atoms with E-state index in [-0.39, 0.29) is 5.91 Å². The average molecular weight is 308 g/mol. The molecule has 0 atom stereocenters. The molecule has 1 fully saturated rings. The zero-order chi connectivity index (χ0) is 16.2. The van der Waals surface area contributed by atoms with Crippen molar-refractivity contribution >= 4 is 11.6 Å². The van der Waals surface area contributed by atoms with Gasteiger partial charge in [0.25, 0.3) is 5.91 Å². The van der Waals surface area contributed by atoms with Crippen molar-refractivity contribution < 1.29 is 9.63 Å². The predicted molar refractivity (Wildman–Crippen MR) is 91.6 cm³/mol. The average Bonchev–Trinajstić information content (AvgIpc) is 3.04. The van der Waals surface area contributed by atoms with Gasteiger partial charge in [0.1, 0.15) is 7.11 Å². The first kappa shape index (κ1) is 15.3. The summed E-state index contributed by atoms with van der Waals surface area (Å²) in [5, 5.41) is 3.94. The van der Waals surface area contributed by atoms with Gasteiger partial charge in [-0.1, -0.05) is 41.6 Å². The number of aryl methyl sites for hydroxylation is 1. The van der Waals surface area contributed by atoms with Gasteiger partial charge in [-0.2, -0.15) is 0 Å². The van der Waals surface area contributed by atoms with Crippen LogP contribution in [0.1, 0.15) is 22.3 Å². The van der Waals surface area contributed by atoms with Crippen molar-refractivity contribution in [2.24, 2.45) is 5.16 Å². The summed E-state index contributed by atoms with van der Waals surface area (Å²) in [5.74, 6) is 0.0441. The molecule has 4 nitrogen and oxygen atoms in total. The first-order valence-corrected chi connectivity index (χ1v) is 7.73. The summed E-state index contributed by atoms with van der Waals surface area (Å²) in [4.78, 5) is 19.1. The Kier molecular flexibility index (Phi) is 4.42. The van der Waals surface area contributed by atoms with Gasteiger partial charge < -0.3 is 9.74 Å². The number of hydrogen-bond acceptors (Lipinski definition) is 3. The maximum atomic E-state index is 12.5. The van der Waals surface area contributed by atoms with Crippen molar-refractivity contribution in [3.05, 3.63) is 59.7 Å². The first-order chi connectivity index (χ1) is 11.2. The largest absolute Gasteiger partial charge is 0.399 e. The fourth-order valence-corrected chi connectivity index (χ4v) is 2.89. The highest BCUT2D eigenvalue weighted by atomic mass is 16.6. The molecule has 0 aromatic heterocycles. The van der Waals surface area contributed by atoms with Gasteiger partial charge in [-0.25, -0.2) is 0 Å². The Morgan fingerprint density at radius 2 is 1.87 bits per heavy atom. The summed E-state index contributed by atoms with van der Waals surface area (Å²) in [7, 11) is 1.53. The highest BCUT2D eigenvalue weighted by molar-refractivity contribution is 6.00. The predicted octanol–water partition coefficient (Wildman–Crippen LogP) is 3.51. The van der Waals surface area contributed by atoms with E-state index in [0.717, 1.165) is 17.7 Å². The van der Waals surface area contributed by atoms with E-state index < -0.39 is 0 Å². The third-order valence-electron chi connectivity index (χ3n) is 4.14. The van der Waals surface area contributed by atoms with Crippen molar-refractivity contribution in [2.75, 3.05) is 20.2 Å². The smallest absolute Gasteiger partial charge is 0.254 e. The van der Waals surface area contributed by atoms with E-state index in [0.29, 0.717) is 18.7 Å². The summed E-state index contributed by atoms with van der Waals surface area (Å²) < 4.78 is 0. The van der Waals surface area contributed by atoms with E-state index in [2.05, 4.69) is 24.2 Å². The highest BCUT2D eigenvalue weighted by Crippen LogP contribution is 2.24. The molecule has 0 aliphatic carbocycles. The molecule has 1 aliphatic heterocycles. The molecule has 0 unspecified atom stereocenters. The molecule has 1 aliphatic rings. The maximum absolute atomic E-state index is 12.5. The lowest BCUT2D eigenvalue weighted by Gasteiger charge is -2.15. The molecular weight excluding hydrogens is 288 g/mol. The van der Waals surface area contributed by atoms with E-state index in [1.807, 2.05) is 36.4 Å². The van der Waals surface area contributed by atoms with E-state index >= 15 is 0 Å². The van der Waals surface area contributed by atoms with Crippen molar-refractivity contribution in [2.45, 2.75) is 13.3 Å². The van der Waals surface area contributed by atoms with Crippen LogP contribution in [0.3, 0.4) is 0 Å². The lowest BCUT2D eigenvalue weighted by Crippen LogP contribution is -2.28. The van der Waals surface area contributed by atoms with Crippen molar-refractivity contribution in [1.29, 1.82) is 0 Å². The lowest BCUT2D eigenvalue weighted by atomic mass is 9.99. The van der Waals surface area contributed by atoms with Gasteiger partial charge in [0, 0.05) is 18.5 Å². The van der Waals surface area contributed by atoms with Crippen LogP contribution in [-0.4, -0.2) is 36.7 Å². The minimum Gasteiger partial charge on any atom is -0.399 e. The Morgan fingerprint density at radius 1 is 1.13 bits per heavy atom. The Morgan fingerprint density at radius 3 is 2.57 bits per heavy atom. The van der Waals surface area contributed by atoms with Crippen molar-refractivity contribution in [3.8, 4) is 11.1 Å². The molecule has 4 heteroatoms. The molecule has 1 heterocycles. The van der Waals surface area contributed by atoms with E-state index in [9.17, 15) is 4.79 Å². The summed E-state index contributed by atoms with van der Waals surface area (Å²) in [5.41, 5.74) is 5.18. The summed E-state index contributed by atoms with van der Waals surface area (Å²) in [6.45, 7) is 3.34. The van der Waals surface area contributed by atoms with Crippen LogP contribution in [0.2, 0.25) is 0 Å². The molecule has 3 rings (SSSR count). The van der Waals surface area contributed by atoms with Gasteiger partial charge >= 0.3 is 0 Å². The van der Waals surface area contributed by atoms with E-state index in [1.54, 1.807) is 4.90 Å². The van der Waals surface area contributed by atoms with Crippen LogP contribution < -0.4 is 0 Å². The number of likely N-dealkylation sites (tertiary alicyclic amines) is 1. The summed E-state index contributed by atoms with van der Waals surface area (Å²) in [6.07, 6.45) is 0.779. The minimum absolute atomic E-state index is 0.0441. The van der Waals surface area contributed by atoms with Crippen LogP contribution in [0, 0.1) is 6.92 Å². The van der Waals surface area contributed by atoms with Gasteiger partial charge in [0.05, 0.1) is 12.3 Å². The molecule has 0 bridgehead atoms. The number of benzene rings is 2. The lowest BCUT2D eigenvalue weighted by molar-refractivity contribution is 0.0798. The zero-order valence-corrected chi connectivity index (χ0v) is 13.5. The normalized spacial score (nSPS) is 15.9. The van der Waals surface area contributed by atoms with Crippen LogP contribution in [0.25, 0.3) is 11.1 Å². The van der Waals surface area contributed by atoms with Crippen LogP contribution in [0.4, 0.5) is 0 Å². The fourth-order valence-electron chi connectivity index (χ4n) is 2.89. The molecular formula is C19H20N2O2. The standard InChI is InChI=1S/C19H20N2O2/c1-14-5-3-4-6-18(14)15-7-9-16(10-8-15)19(22)21-12-11-17(13-21)20-23-2/h3-10H,11-13H2,1-2H3. The number of amides is 1. The third kappa shape index (κ3) is 3.26. The van der Waals surface area contributed by atoms with Crippen LogP contribution in [-0.2, 0) is 4.84 Å². The second-order valence-corrected chi connectivity index (χ2v) is 5.71. The topological polar surface area (TPSA) is 41.9 Å². The van der Waals surface area contributed by atoms with Gasteiger partial charge in [-0.05, 0) is 35.7 Å². The number of nitrogens with zero attached hydrogens (tertiary/aromatic N) is 2. The van der Waals surface area contributed by atoms with E-state index in [4.69, 9.17) is 4.84 Å². The maximum Gasteiger partial charge on any atom is 0.254 e.